The first-order valence-corrected chi connectivity index (χ1v) is 21.9. The number of amides is 1. The fraction of sp³-hybridized carbons (Fsp3) is 0.761. The van der Waals surface area contributed by atoms with Crippen LogP contribution >= 0.6 is 0 Å². The Kier molecular flexibility index (Phi) is 18.1. The number of ketones is 3. The number of aliphatic hydroxyl groups excluding tert-OH is 2. The van der Waals surface area contributed by atoms with E-state index < -0.39 is 83.2 Å². The van der Waals surface area contributed by atoms with Gasteiger partial charge in [0.15, 0.2) is 0 Å². The Morgan fingerprint density at radius 1 is 0.862 bits per heavy atom. The minimum absolute atomic E-state index is 0.0118. The highest BCUT2D eigenvalue weighted by Gasteiger charge is 2.53. The Labute approximate surface area is 345 Å². The maximum absolute atomic E-state index is 14.2. The van der Waals surface area contributed by atoms with Crippen LogP contribution in [0.3, 0.4) is 0 Å². The number of carbonyl (C=O) groups is 5. The van der Waals surface area contributed by atoms with E-state index in [4.69, 9.17) is 14.2 Å². The number of fused-ring (bicyclic) bond motifs is 3. The van der Waals surface area contributed by atoms with Crippen molar-refractivity contribution in [1.82, 2.24) is 4.90 Å². The molecule has 2 bridgehead atoms. The fourth-order valence-electron chi connectivity index (χ4n) is 9.28. The van der Waals surface area contributed by atoms with Gasteiger partial charge in [-0.3, -0.25) is 19.2 Å². The van der Waals surface area contributed by atoms with Crippen molar-refractivity contribution in [3.05, 3.63) is 36.0 Å². The molecule has 0 radical (unpaired) electrons. The van der Waals surface area contributed by atoms with Crippen molar-refractivity contribution < 1.29 is 53.5 Å². The van der Waals surface area contributed by atoms with Gasteiger partial charge >= 0.3 is 5.97 Å². The Hall–Kier alpha value is -3.03. The van der Waals surface area contributed by atoms with Gasteiger partial charge in [-0.05, 0) is 120 Å². The van der Waals surface area contributed by atoms with Gasteiger partial charge in [-0.25, -0.2) is 4.79 Å². The molecular formula is C46H71NO11. The molecule has 3 N–H and O–H groups in total. The number of hydrogen-bond donors (Lipinski definition) is 3. The molecule has 1 aliphatic carbocycles. The summed E-state index contributed by atoms with van der Waals surface area (Å²) < 4.78 is 18.2. The van der Waals surface area contributed by atoms with E-state index in [2.05, 4.69) is 0 Å². The highest BCUT2D eigenvalue weighted by Crippen LogP contribution is 2.37. The van der Waals surface area contributed by atoms with Gasteiger partial charge < -0.3 is 34.4 Å². The van der Waals surface area contributed by atoms with E-state index in [1.54, 1.807) is 27.9 Å². The van der Waals surface area contributed by atoms with Gasteiger partial charge in [-0.2, -0.15) is 0 Å². The topological polar surface area (TPSA) is 177 Å². The van der Waals surface area contributed by atoms with Crippen molar-refractivity contribution in [2.45, 2.75) is 174 Å². The van der Waals surface area contributed by atoms with Crippen LogP contribution in [0, 0.1) is 35.5 Å². The van der Waals surface area contributed by atoms with Gasteiger partial charge in [0.1, 0.15) is 18.2 Å². The standard InChI is InChI=1S/C46H71NO11/c1-28-13-9-8-10-14-29(2)39(56-7)27-36-22-17-33(6)46(55,58-36)43(52)44(53)47-24-12-11-15-37(47)45(54)57-38(31(4)26-34-18-20-35(48)21-19-34)23-16-30(3)40(49)42(51)41(50)32(5)25-28/h8-10,13-14,28,30-39,41,48,50,55H,11-12,15-27H2,1-7H3/b10-8-,13-9+,29-14+. The summed E-state index contributed by atoms with van der Waals surface area (Å²) in [5, 5.41) is 32.9. The zero-order valence-electron chi connectivity index (χ0n) is 36.0. The summed E-state index contributed by atoms with van der Waals surface area (Å²) >= 11 is 0. The lowest BCUT2D eigenvalue weighted by Crippen LogP contribution is -2.61. The summed E-state index contributed by atoms with van der Waals surface area (Å²) in [6, 6.07) is -1.06. The lowest BCUT2D eigenvalue weighted by molar-refractivity contribution is -0.265. The number of methoxy groups -OCH3 is 1. The van der Waals surface area contributed by atoms with E-state index in [9.17, 15) is 39.3 Å². The summed E-state index contributed by atoms with van der Waals surface area (Å²) in [6.45, 7) is 11.1. The number of nitrogens with zero attached hydrogens (tertiary/aromatic N) is 1. The molecule has 11 unspecified atom stereocenters. The fourth-order valence-corrected chi connectivity index (χ4v) is 9.28. The molecule has 11 atom stereocenters. The molecule has 0 aromatic rings. The van der Waals surface area contributed by atoms with E-state index in [1.807, 2.05) is 51.2 Å². The van der Waals surface area contributed by atoms with Crippen LogP contribution in [0.1, 0.15) is 131 Å². The number of cyclic esters (lactones) is 1. The average Bonchev–Trinajstić information content (AvgIpc) is 3.21. The van der Waals surface area contributed by atoms with Gasteiger partial charge in [-0.1, -0.05) is 65.0 Å². The van der Waals surface area contributed by atoms with E-state index >= 15 is 0 Å². The lowest BCUT2D eigenvalue weighted by atomic mass is 9.79. The van der Waals surface area contributed by atoms with Crippen molar-refractivity contribution in [1.29, 1.82) is 0 Å². The van der Waals surface area contributed by atoms with Crippen molar-refractivity contribution in [3.8, 4) is 0 Å². The molecule has 3 aliphatic heterocycles. The Morgan fingerprint density at radius 3 is 2.26 bits per heavy atom. The average molecular weight is 814 g/mol. The number of piperidine rings is 1. The zero-order valence-corrected chi connectivity index (χ0v) is 36.0. The van der Waals surface area contributed by atoms with Crippen molar-refractivity contribution >= 4 is 29.2 Å². The number of rotatable bonds is 4. The summed E-state index contributed by atoms with van der Waals surface area (Å²) in [4.78, 5) is 70.2. The predicted octanol–water partition coefficient (Wildman–Crippen LogP) is 5.98. The van der Waals surface area contributed by atoms with Crippen LogP contribution in [0.25, 0.3) is 0 Å². The normalized spacial score (nSPS) is 40.0. The number of carbonyl (C=O) groups excluding carboxylic acids is 5. The number of ether oxygens (including phenoxy) is 3. The van der Waals surface area contributed by atoms with Crippen LogP contribution in [0.2, 0.25) is 0 Å². The first-order valence-electron chi connectivity index (χ1n) is 21.9. The molecule has 1 saturated carbocycles. The number of esters is 1. The second kappa shape index (κ2) is 22.0. The third-order valence-corrected chi connectivity index (χ3v) is 13.3. The second-order valence-corrected chi connectivity index (χ2v) is 18.1. The highest BCUT2D eigenvalue weighted by molar-refractivity contribution is 6.39. The van der Waals surface area contributed by atoms with Crippen molar-refractivity contribution in [2.75, 3.05) is 13.7 Å². The predicted molar refractivity (Wildman–Crippen MR) is 219 cm³/mol. The monoisotopic (exact) mass is 814 g/mol. The van der Waals surface area contributed by atoms with Gasteiger partial charge in [0, 0.05) is 31.9 Å². The van der Waals surface area contributed by atoms with Crippen molar-refractivity contribution in [2.24, 2.45) is 35.5 Å². The number of hydrogen-bond acceptors (Lipinski definition) is 11. The van der Waals surface area contributed by atoms with Crippen LogP contribution < -0.4 is 0 Å². The quantitative estimate of drug-likeness (QED) is 0.225. The highest BCUT2D eigenvalue weighted by atomic mass is 16.6. The van der Waals surface area contributed by atoms with Crippen LogP contribution in [0.15, 0.2) is 36.0 Å². The molecule has 4 rings (SSSR count). The third-order valence-electron chi connectivity index (χ3n) is 13.3. The molecule has 3 heterocycles. The molecule has 2 saturated heterocycles. The van der Waals surface area contributed by atoms with Gasteiger partial charge in [0.25, 0.3) is 11.7 Å². The molecular weight excluding hydrogens is 743 g/mol. The van der Waals surface area contributed by atoms with E-state index in [0.717, 1.165) is 24.8 Å². The molecule has 1 amide bonds. The van der Waals surface area contributed by atoms with Gasteiger partial charge in [0.05, 0.1) is 18.3 Å². The molecule has 58 heavy (non-hydrogen) atoms. The smallest absolute Gasteiger partial charge is 0.329 e. The lowest BCUT2D eigenvalue weighted by Gasteiger charge is -2.42. The number of aliphatic hydroxyl groups is 3. The SMILES string of the molecule is COC1CC2CCC(C)C(O)(O2)C(=O)C(=O)N2CCCCC2C(=O)OC(C(C)CC2CCC(O)CC2)CCC(C)C(=O)C(=O)C(O)C(C)CC(C)/C=C/C=C\C=C\1C. The second-order valence-electron chi connectivity index (χ2n) is 18.1. The minimum Gasteiger partial charge on any atom is -0.461 e. The number of Topliss-reactive ketones (excluding diaryl/α,β-unsaturated/α-hetero) is 3. The Balaban J connectivity index is 1.64. The molecule has 326 valence electrons. The molecule has 0 aromatic carbocycles. The summed E-state index contributed by atoms with van der Waals surface area (Å²) in [5.74, 6) is -8.32. The Morgan fingerprint density at radius 2 is 1.57 bits per heavy atom. The summed E-state index contributed by atoms with van der Waals surface area (Å²) in [6.07, 6.45) is 13.7. The molecule has 12 heteroatoms. The summed E-state index contributed by atoms with van der Waals surface area (Å²) in [5.41, 5.74) is 0.889. The van der Waals surface area contributed by atoms with Crippen LogP contribution in [0.5, 0.6) is 0 Å². The van der Waals surface area contributed by atoms with Crippen LogP contribution in [-0.2, 0) is 38.2 Å². The van der Waals surface area contributed by atoms with Crippen LogP contribution in [0.4, 0.5) is 0 Å². The molecule has 12 nitrogen and oxygen atoms in total. The maximum atomic E-state index is 14.2. The molecule has 0 aromatic heterocycles. The summed E-state index contributed by atoms with van der Waals surface area (Å²) in [7, 11) is 1.58. The van der Waals surface area contributed by atoms with Crippen molar-refractivity contribution in [3.63, 3.8) is 0 Å². The molecule has 3 fully saturated rings. The maximum Gasteiger partial charge on any atom is 0.329 e. The molecule has 0 spiro atoms. The first kappa shape index (κ1) is 47.6. The van der Waals surface area contributed by atoms with E-state index in [1.165, 1.54) is 4.90 Å². The largest absolute Gasteiger partial charge is 0.461 e. The zero-order chi connectivity index (χ0) is 42.7. The van der Waals surface area contributed by atoms with E-state index in [0.29, 0.717) is 57.3 Å². The van der Waals surface area contributed by atoms with E-state index in [-0.39, 0.29) is 43.7 Å². The van der Waals surface area contributed by atoms with Gasteiger partial charge in [-0.15, -0.1) is 0 Å². The minimum atomic E-state index is -2.39. The molecule has 4 aliphatic rings. The van der Waals surface area contributed by atoms with Crippen LogP contribution in [-0.4, -0.2) is 105 Å². The number of allylic oxidation sites excluding steroid dienone is 5. The van der Waals surface area contributed by atoms with Gasteiger partial charge in [0.2, 0.25) is 17.4 Å². The Bertz CT molecular complexity index is 1510. The first-order chi connectivity index (χ1) is 27.5. The third kappa shape index (κ3) is 12.5.